The van der Waals surface area contributed by atoms with Crippen LogP contribution in [0.5, 0.6) is 5.75 Å². The predicted octanol–water partition coefficient (Wildman–Crippen LogP) is 4.16. The van der Waals surface area contributed by atoms with Gasteiger partial charge in [-0.2, -0.15) is 0 Å². The molecule has 0 bridgehead atoms. The summed E-state index contributed by atoms with van der Waals surface area (Å²) in [5.41, 5.74) is 9.95. The molecule has 1 fully saturated rings. The average molecular weight is 326 g/mol. The molecule has 1 aromatic carbocycles. The summed E-state index contributed by atoms with van der Waals surface area (Å²) < 4.78 is 2.25. The number of phenolic OH excluding ortho intramolecular Hbond substituents is 1. The van der Waals surface area contributed by atoms with Crippen LogP contribution in [0.25, 0.3) is 11.1 Å². The fourth-order valence-corrected chi connectivity index (χ4v) is 4.10. The Labute approximate surface area is 143 Å². The molecule has 1 aliphatic rings. The maximum Gasteiger partial charge on any atom is 0.251 e. The van der Waals surface area contributed by atoms with Crippen LogP contribution in [0.15, 0.2) is 24.3 Å². The number of aromatic nitrogens is 1. The second kappa shape index (κ2) is 6.71. The highest BCUT2D eigenvalue weighted by molar-refractivity contribution is 6.02. The van der Waals surface area contributed by atoms with Gasteiger partial charge < -0.3 is 15.4 Å². The van der Waals surface area contributed by atoms with Crippen LogP contribution in [0.1, 0.15) is 53.8 Å². The number of aromatic hydroxyl groups is 1. The van der Waals surface area contributed by atoms with E-state index in [1.807, 2.05) is 19.9 Å². The predicted molar refractivity (Wildman–Crippen MR) is 96.1 cm³/mol. The number of phenols is 1. The molecule has 0 spiro atoms. The van der Waals surface area contributed by atoms with E-state index < -0.39 is 5.91 Å². The smallest absolute Gasteiger partial charge is 0.251 e. The van der Waals surface area contributed by atoms with Crippen molar-refractivity contribution < 1.29 is 9.90 Å². The van der Waals surface area contributed by atoms with E-state index in [0.717, 1.165) is 29.1 Å². The van der Waals surface area contributed by atoms with Gasteiger partial charge in [-0.3, -0.25) is 4.79 Å². The van der Waals surface area contributed by atoms with Crippen molar-refractivity contribution in [1.82, 2.24) is 4.57 Å². The minimum Gasteiger partial charge on any atom is -0.508 e. The molecule has 1 aromatic heterocycles. The maximum absolute atomic E-state index is 12.1. The summed E-state index contributed by atoms with van der Waals surface area (Å²) >= 11 is 0. The highest BCUT2D eigenvalue weighted by Gasteiger charge is 2.24. The lowest BCUT2D eigenvalue weighted by molar-refractivity contribution is 0.1000. The summed E-state index contributed by atoms with van der Waals surface area (Å²) in [5.74, 6) is 0.456. The molecule has 1 heterocycles. The zero-order valence-corrected chi connectivity index (χ0v) is 14.5. The molecular weight excluding hydrogens is 300 g/mol. The summed E-state index contributed by atoms with van der Waals surface area (Å²) in [5, 5.41) is 9.81. The monoisotopic (exact) mass is 326 g/mol. The van der Waals surface area contributed by atoms with E-state index >= 15 is 0 Å². The third kappa shape index (κ3) is 3.05. The summed E-state index contributed by atoms with van der Waals surface area (Å²) in [7, 11) is 0. The topological polar surface area (TPSA) is 68.2 Å². The second-order valence-electron chi connectivity index (χ2n) is 6.95. The lowest BCUT2D eigenvalue weighted by Crippen LogP contribution is -2.17. The first-order chi connectivity index (χ1) is 11.5. The summed E-state index contributed by atoms with van der Waals surface area (Å²) in [6.07, 6.45) is 6.44. The third-order valence-corrected chi connectivity index (χ3v) is 5.33. The zero-order valence-electron chi connectivity index (χ0n) is 14.5. The van der Waals surface area contributed by atoms with Crippen molar-refractivity contribution >= 4 is 5.91 Å². The third-order valence-electron chi connectivity index (χ3n) is 5.33. The standard InChI is InChI=1S/C20H26N2O2/c1-13-18(16-9-6-10-17(23)11-16)19(20(21)24)14(2)22(13)12-15-7-4-3-5-8-15/h6,9-11,15,23H,3-5,7-8,12H2,1-2H3,(H2,21,24). The number of amides is 1. The molecule has 24 heavy (non-hydrogen) atoms. The second-order valence-corrected chi connectivity index (χ2v) is 6.95. The molecule has 128 valence electrons. The van der Waals surface area contributed by atoms with Gasteiger partial charge in [0.1, 0.15) is 5.75 Å². The van der Waals surface area contributed by atoms with Gasteiger partial charge in [0.05, 0.1) is 5.56 Å². The molecule has 0 unspecified atom stereocenters. The van der Waals surface area contributed by atoms with Gasteiger partial charge >= 0.3 is 0 Å². The molecule has 2 aromatic rings. The quantitative estimate of drug-likeness (QED) is 0.886. The number of hydrogen-bond acceptors (Lipinski definition) is 2. The molecular formula is C20H26N2O2. The first-order valence-corrected chi connectivity index (χ1v) is 8.78. The number of primary amides is 1. The number of rotatable bonds is 4. The molecule has 4 heteroatoms. The molecule has 1 aliphatic carbocycles. The summed E-state index contributed by atoms with van der Waals surface area (Å²) in [6, 6.07) is 7.04. The van der Waals surface area contributed by atoms with Gasteiger partial charge in [-0.25, -0.2) is 0 Å². The first-order valence-electron chi connectivity index (χ1n) is 8.78. The number of nitrogens with zero attached hydrogens (tertiary/aromatic N) is 1. The molecule has 0 saturated heterocycles. The molecule has 3 rings (SSSR count). The van der Waals surface area contributed by atoms with Crippen LogP contribution < -0.4 is 5.73 Å². The largest absolute Gasteiger partial charge is 0.508 e. The Morgan fingerprint density at radius 3 is 2.54 bits per heavy atom. The number of benzene rings is 1. The summed E-state index contributed by atoms with van der Waals surface area (Å²) in [6.45, 7) is 4.96. The van der Waals surface area contributed by atoms with Crippen LogP contribution in [0.3, 0.4) is 0 Å². The minimum atomic E-state index is -0.406. The van der Waals surface area contributed by atoms with Gasteiger partial charge in [-0.15, -0.1) is 0 Å². The molecule has 4 nitrogen and oxygen atoms in total. The Morgan fingerprint density at radius 1 is 1.21 bits per heavy atom. The van der Waals surface area contributed by atoms with Crippen molar-refractivity contribution in [3.8, 4) is 16.9 Å². The van der Waals surface area contributed by atoms with Crippen LogP contribution in [-0.4, -0.2) is 15.6 Å². The highest BCUT2D eigenvalue weighted by Crippen LogP contribution is 2.35. The van der Waals surface area contributed by atoms with Gasteiger partial charge in [-0.1, -0.05) is 31.4 Å². The van der Waals surface area contributed by atoms with E-state index in [4.69, 9.17) is 5.73 Å². The van der Waals surface area contributed by atoms with E-state index in [1.54, 1.807) is 18.2 Å². The van der Waals surface area contributed by atoms with Crippen molar-refractivity contribution in [1.29, 1.82) is 0 Å². The lowest BCUT2D eigenvalue weighted by Gasteiger charge is -2.23. The Hall–Kier alpha value is -2.23. The van der Waals surface area contributed by atoms with Crippen LogP contribution >= 0.6 is 0 Å². The van der Waals surface area contributed by atoms with Crippen molar-refractivity contribution in [2.75, 3.05) is 0 Å². The first kappa shape index (κ1) is 16.6. The molecule has 3 N–H and O–H groups in total. The minimum absolute atomic E-state index is 0.194. The Bertz CT molecular complexity index is 755. The van der Waals surface area contributed by atoms with E-state index in [0.29, 0.717) is 11.5 Å². The van der Waals surface area contributed by atoms with Crippen LogP contribution in [0, 0.1) is 19.8 Å². The van der Waals surface area contributed by atoms with Crippen LogP contribution in [0.2, 0.25) is 0 Å². The molecule has 1 amide bonds. The van der Waals surface area contributed by atoms with Crippen LogP contribution in [0.4, 0.5) is 0 Å². The molecule has 0 radical (unpaired) electrons. The van der Waals surface area contributed by atoms with E-state index in [-0.39, 0.29) is 5.75 Å². The fraction of sp³-hybridized carbons (Fsp3) is 0.450. The van der Waals surface area contributed by atoms with Gasteiger partial charge in [-0.05, 0) is 50.3 Å². The normalized spacial score (nSPS) is 15.6. The van der Waals surface area contributed by atoms with E-state index in [1.165, 1.54) is 32.1 Å². The van der Waals surface area contributed by atoms with E-state index in [2.05, 4.69) is 4.57 Å². The van der Waals surface area contributed by atoms with Crippen molar-refractivity contribution in [2.45, 2.75) is 52.5 Å². The summed E-state index contributed by atoms with van der Waals surface area (Å²) in [4.78, 5) is 12.1. The fourth-order valence-electron chi connectivity index (χ4n) is 4.10. The van der Waals surface area contributed by atoms with Gasteiger partial charge in [0, 0.05) is 23.5 Å². The van der Waals surface area contributed by atoms with Crippen molar-refractivity contribution in [2.24, 2.45) is 11.7 Å². The van der Waals surface area contributed by atoms with Crippen LogP contribution in [-0.2, 0) is 6.54 Å². The lowest BCUT2D eigenvalue weighted by atomic mass is 9.89. The molecule has 0 aliphatic heterocycles. The number of nitrogens with two attached hydrogens (primary N) is 1. The highest BCUT2D eigenvalue weighted by atomic mass is 16.3. The number of hydrogen-bond donors (Lipinski definition) is 2. The van der Waals surface area contributed by atoms with Gasteiger partial charge in [0.15, 0.2) is 0 Å². The van der Waals surface area contributed by atoms with E-state index in [9.17, 15) is 9.90 Å². The maximum atomic E-state index is 12.1. The van der Waals surface area contributed by atoms with Gasteiger partial charge in [0.25, 0.3) is 5.91 Å². The Balaban J connectivity index is 2.07. The Morgan fingerprint density at radius 2 is 1.92 bits per heavy atom. The number of carbonyl (C=O) groups excluding carboxylic acids is 1. The zero-order chi connectivity index (χ0) is 17.3. The van der Waals surface area contributed by atoms with Crippen molar-refractivity contribution in [3.05, 3.63) is 41.2 Å². The Kier molecular flexibility index (Phi) is 4.65. The van der Waals surface area contributed by atoms with Gasteiger partial charge in [0.2, 0.25) is 0 Å². The van der Waals surface area contributed by atoms with Crippen molar-refractivity contribution in [3.63, 3.8) is 0 Å². The molecule has 1 saturated carbocycles. The molecule has 0 atom stereocenters. The average Bonchev–Trinajstić information content (AvgIpc) is 2.80. The SMILES string of the molecule is Cc1c(C(N)=O)c(-c2cccc(O)c2)c(C)n1CC1CCCCC1. The number of carbonyl (C=O) groups is 1.